The lowest BCUT2D eigenvalue weighted by atomic mass is 9.97. The number of hydrogen-bond donors (Lipinski definition) is 2. The fourth-order valence-corrected chi connectivity index (χ4v) is 3.50. The van der Waals surface area contributed by atoms with Gasteiger partial charge in [-0.15, -0.1) is 0 Å². The predicted molar refractivity (Wildman–Crippen MR) is 116 cm³/mol. The molecule has 0 saturated carbocycles. The highest BCUT2D eigenvalue weighted by molar-refractivity contribution is 5.66. The van der Waals surface area contributed by atoms with Gasteiger partial charge in [0.15, 0.2) is 17.4 Å². The number of hydrogen-bond acceptors (Lipinski definition) is 6. The molecule has 0 saturated heterocycles. The van der Waals surface area contributed by atoms with E-state index in [4.69, 9.17) is 4.74 Å². The van der Waals surface area contributed by atoms with Gasteiger partial charge in [-0.05, 0) is 55.7 Å². The summed E-state index contributed by atoms with van der Waals surface area (Å²) in [6, 6.07) is 12.7. The highest BCUT2D eigenvalue weighted by Gasteiger charge is 2.17. The summed E-state index contributed by atoms with van der Waals surface area (Å²) in [4.78, 5) is 18.0. The fraction of sp³-hybridized carbons (Fsp3) is 0.208. The molecule has 0 atom stereocenters. The number of H-pyrrole nitrogens is 1. The smallest absolute Gasteiger partial charge is 0.439 e. The van der Waals surface area contributed by atoms with Crippen LogP contribution in [-0.2, 0) is 13.0 Å². The summed E-state index contributed by atoms with van der Waals surface area (Å²) >= 11 is 0. The molecule has 0 radical (unpaired) electrons. The zero-order chi connectivity index (χ0) is 22.8. The molecule has 0 bridgehead atoms. The summed E-state index contributed by atoms with van der Waals surface area (Å²) in [5, 5.41) is 13.8. The monoisotopic (exact) mass is 435 g/mol. The van der Waals surface area contributed by atoms with Crippen molar-refractivity contribution in [3.05, 3.63) is 92.6 Å². The largest absolute Gasteiger partial charge is 0.506 e. The maximum Gasteiger partial charge on any atom is 0.439 e. The van der Waals surface area contributed by atoms with Gasteiger partial charge in [0.1, 0.15) is 18.1 Å². The zero-order valence-corrected chi connectivity index (χ0v) is 17.9. The number of rotatable bonds is 6. The van der Waals surface area contributed by atoms with Gasteiger partial charge in [-0.3, -0.25) is 9.51 Å². The summed E-state index contributed by atoms with van der Waals surface area (Å²) in [6.07, 6.45) is 0.393. The second kappa shape index (κ2) is 8.66. The van der Waals surface area contributed by atoms with Crippen LogP contribution in [0, 0.1) is 26.6 Å². The van der Waals surface area contributed by atoms with Crippen LogP contribution >= 0.6 is 0 Å². The number of aromatic amines is 1. The molecule has 2 aromatic heterocycles. The number of nitrogens with zero attached hydrogens (tertiary/aromatic N) is 2. The maximum atomic E-state index is 15.0. The van der Waals surface area contributed by atoms with E-state index in [9.17, 15) is 14.3 Å². The Morgan fingerprint density at radius 3 is 2.56 bits per heavy atom. The topological polar surface area (TPSA) is 101 Å². The van der Waals surface area contributed by atoms with Crippen LogP contribution in [-0.4, -0.2) is 20.2 Å². The Morgan fingerprint density at radius 2 is 1.88 bits per heavy atom. The predicted octanol–water partition coefficient (Wildman–Crippen LogP) is 4.36. The number of aryl methyl sites for hydroxylation is 2. The normalized spacial score (nSPS) is 11.0. The molecule has 0 unspecified atom stereocenters. The number of nitrogens with one attached hydrogen (secondary N) is 1. The Bertz CT molecular complexity index is 1330. The lowest BCUT2D eigenvalue weighted by molar-refractivity contribution is 0.271. The minimum absolute atomic E-state index is 0.0617. The van der Waals surface area contributed by atoms with E-state index in [0.717, 1.165) is 22.3 Å². The zero-order valence-electron chi connectivity index (χ0n) is 17.9. The van der Waals surface area contributed by atoms with Gasteiger partial charge in [-0.2, -0.15) is 0 Å². The molecule has 0 aliphatic rings. The molecule has 0 fully saturated rings. The van der Waals surface area contributed by atoms with E-state index < -0.39 is 11.6 Å². The molecule has 164 valence electrons. The number of halogens is 1. The summed E-state index contributed by atoms with van der Waals surface area (Å²) in [5.74, 6) is -0.864. The molecular formula is C24H22FN3O4. The van der Waals surface area contributed by atoms with Crippen molar-refractivity contribution in [1.29, 1.82) is 0 Å². The number of ether oxygens (including phenoxy) is 1. The maximum absolute atomic E-state index is 15.0. The van der Waals surface area contributed by atoms with E-state index in [-0.39, 0.29) is 23.9 Å². The van der Waals surface area contributed by atoms with E-state index >= 15 is 0 Å². The molecule has 4 rings (SSSR count). The van der Waals surface area contributed by atoms with Crippen LogP contribution in [0.3, 0.4) is 0 Å². The minimum atomic E-state index is -0.696. The molecule has 4 aromatic rings. The van der Waals surface area contributed by atoms with E-state index in [0.29, 0.717) is 23.4 Å². The highest BCUT2D eigenvalue weighted by atomic mass is 19.1. The second-order valence-corrected chi connectivity index (χ2v) is 7.65. The van der Waals surface area contributed by atoms with Gasteiger partial charge in [-0.25, -0.2) is 14.2 Å². The number of pyridine rings is 1. The lowest BCUT2D eigenvalue weighted by Gasteiger charge is -2.15. The van der Waals surface area contributed by atoms with Gasteiger partial charge in [0.25, 0.3) is 0 Å². The molecule has 7 nitrogen and oxygen atoms in total. The van der Waals surface area contributed by atoms with Gasteiger partial charge < -0.3 is 9.84 Å². The van der Waals surface area contributed by atoms with Gasteiger partial charge >= 0.3 is 5.76 Å². The summed E-state index contributed by atoms with van der Waals surface area (Å²) in [6.45, 7) is 5.42. The summed E-state index contributed by atoms with van der Waals surface area (Å²) < 4.78 is 24.9. The molecule has 0 spiro atoms. The molecule has 0 amide bonds. The Balaban J connectivity index is 1.60. The second-order valence-electron chi connectivity index (χ2n) is 7.65. The highest BCUT2D eigenvalue weighted by Crippen LogP contribution is 2.31. The summed E-state index contributed by atoms with van der Waals surface area (Å²) in [5.41, 5.74) is 5.18. The van der Waals surface area contributed by atoms with E-state index in [2.05, 4.69) is 19.6 Å². The van der Waals surface area contributed by atoms with Crippen LogP contribution in [0.1, 0.15) is 33.8 Å². The van der Waals surface area contributed by atoms with Gasteiger partial charge in [0, 0.05) is 17.7 Å². The van der Waals surface area contributed by atoms with Crippen molar-refractivity contribution in [2.75, 3.05) is 0 Å². The Hall–Kier alpha value is -3.94. The van der Waals surface area contributed by atoms with Crippen LogP contribution in [0.15, 0.2) is 51.8 Å². The first-order chi connectivity index (χ1) is 15.3. The van der Waals surface area contributed by atoms with Crippen molar-refractivity contribution in [3.8, 4) is 22.8 Å². The molecule has 0 aliphatic heterocycles. The van der Waals surface area contributed by atoms with E-state index in [1.807, 2.05) is 38.1 Å². The van der Waals surface area contributed by atoms with Crippen molar-refractivity contribution < 1.29 is 18.8 Å². The molecular weight excluding hydrogens is 413 g/mol. The third-order valence-corrected chi connectivity index (χ3v) is 5.29. The van der Waals surface area contributed by atoms with E-state index in [1.54, 1.807) is 25.1 Å². The third-order valence-electron chi connectivity index (χ3n) is 5.29. The Morgan fingerprint density at radius 1 is 1.12 bits per heavy atom. The summed E-state index contributed by atoms with van der Waals surface area (Å²) in [7, 11) is 0. The first-order valence-corrected chi connectivity index (χ1v) is 10.0. The van der Waals surface area contributed by atoms with Crippen LogP contribution in [0.4, 0.5) is 4.39 Å². The SMILES string of the molecule is Cc1ccc(-c2nc(Cc3c(C)cc(OCc4noc(=O)[nH]4)c(F)c3C)ccc2O)cc1. The van der Waals surface area contributed by atoms with Crippen LogP contribution in [0.25, 0.3) is 11.3 Å². The number of aromatic hydroxyl groups is 1. The number of benzene rings is 2. The lowest BCUT2D eigenvalue weighted by Crippen LogP contribution is -2.06. The van der Waals surface area contributed by atoms with Crippen molar-refractivity contribution in [1.82, 2.24) is 15.1 Å². The van der Waals surface area contributed by atoms with Crippen LogP contribution in [0.2, 0.25) is 0 Å². The first kappa shape index (κ1) is 21.3. The van der Waals surface area contributed by atoms with Crippen molar-refractivity contribution in [2.45, 2.75) is 33.8 Å². The van der Waals surface area contributed by atoms with E-state index in [1.165, 1.54) is 0 Å². The van der Waals surface area contributed by atoms with Crippen LogP contribution in [0.5, 0.6) is 11.5 Å². The number of aromatic nitrogens is 3. The Kier molecular flexibility index (Phi) is 5.77. The van der Waals surface area contributed by atoms with Crippen molar-refractivity contribution >= 4 is 0 Å². The molecule has 32 heavy (non-hydrogen) atoms. The quantitative estimate of drug-likeness (QED) is 0.467. The van der Waals surface area contributed by atoms with Gasteiger partial charge in [0.05, 0.1) is 0 Å². The van der Waals surface area contributed by atoms with Crippen molar-refractivity contribution in [2.24, 2.45) is 0 Å². The third kappa shape index (κ3) is 4.39. The molecule has 0 aliphatic carbocycles. The van der Waals surface area contributed by atoms with Crippen LogP contribution < -0.4 is 10.5 Å². The van der Waals surface area contributed by atoms with Gasteiger partial charge in [0.2, 0.25) is 0 Å². The molecule has 2 N–H and O–H groups in total. The first-order valence-electron chi connectivity index (χ1n) is 10.0. The standard InChI is InChI=1S/C24H22FN3O4/c1-13-4-6-16(7-5-13)23-19(29)9-8-17(26-23)11-18-14(2)10-20(22(25)15(18)3)31-12-21-27-24(30)32-28-21/h4-10,29H,11-12H2,1-3H3,(H,27,28,30). The average molecular weight is 435 g/mol. The fourth-order valence-electron chi connectivity index (χ4n) is 3.50. The molecule has 8 heteroatoms. The molecule has 2 heterocycles. The average Bonchev–Trinajstić information content (AvgIpc) is 3.19. The van der Waals surface area contributed by atoms with Crippen molar-refractivity contribution in [3.63, 3.8) is 0 Å². The minimum Gasteiger partial charge on any atom is -0.506 e. The molecule has 2 aromatic carbocycles. The Labute approximate surface area is 183 Å². The van der Waals surface area contributed by atoms with Gasteiger partial charge in [-0.1, -0.05) is 35.0 Å².